The molecule has 1 amide bonds. The molecule has 0 radical (unpaired) electrons. The van der Waals surface area contributed by atoms with Crippen LogP contribution in [-0.2, 0) is 4.74 Å². The third-order valence-corrected chi connectivity index (χ3v) is 3.26. The smallest absolute Gasteiger partial charge is 0.404 e. The molecule has 3 N–H and O–H groups in total. The normalized spacial score (nSPS) is 22.3. The molecule has 1 aromatic rings. The zero-order valence-electron chi connectivity index (χ0n) is 10.1. The Morgan fingerprint density at radius 1 is 1.39 bits per heavy atom. The number of benzene rings is 1. The number of carbonyl (C=O) groups excluding carboxylic acids is 1. The number of nitrogens with two attached hydrogens (primary N) is 1. The Labute approximate surface area is 105 Å². The van der Waals surface area contributed by atoms with Crippen LogP contribution in [0.15, 0.2) is 24.3 Å². The Hall–Kier alpha value is -1.62. The van der Waals surface area contributed by atoms with Crippen molar-refractivity contribution in [1.82, 2.24) is 5.32 Å². The van der Waals surface area contributed by atoms with Crippen molar-refractivity contribution in [2.24, 2.45) is 5.73 Å². The Morgan fingerprint density at radius 2 is 2.06 bits per heavy atom. The monoisotopic (exact) mass is 252 g/mol. The summed E-state index contributed by atoms with van der Waals surface area (Å²) in [5.74, 6) is 0.302. The molecule has 0 heterocycles. The van der Waals surface area contributed by atoms with Gasteiger partial charge in [0.05, 0.1) is 0 Å². The minimum absolute atomic E-state index is 0.198. The highest BCUT2D eigenvalue weighted by atomic mass is 19.1. The molecule has 0 atom stereocenters. The first-order valence-electron chi connectivity index (χ1n) is 6.06. The topological polar surface area (TPSA) is 64.4 Å². The van der Waals surface area contributed by atoms with Gasteiger partial charge in [0, 0.05) is 12.6 Å². The predicted molar refractivity (Wildman–Crippen MR) is 65.7 cm³/mol. The van der Waals surface area contributed by atoms with Gasteiger partial charge in [-0.1, -0.05) is 12.1 Å². The number of hydrogen-bond acceptors (Lipinski definition) is 3. The Morgan fingerprint density at radius 3 is 2.67 bits per heavy atom. The SMILES string of the molecule is NC(=O)OCCNC1CC(c2ccc(F)cc2)C1. The first-order valence-corrected chi connectivity index (χ1v) is 6.06. The summed E-state index contributed by atoms with van der Waals surface area (Å²) in [6, 6.07) is 7.11. The van der Waals surface area contributed by atoms with Gasteiger partial charge in [0.25, 0.3) is 0 Å². The van der Waals surface area contributed by atoms with Crippen molar-refractivity contribution >= 4 is 6.09 Å². The molecule has 0 aromatic heterocycles. The summed E-state index contributed by atoms with van der Waals surface area (Å²) in [7, 11) is 0. The van der Waals surface area contributed by atoms with Crippen LogP contribution in [0.4, 0.5) is 9.18 Å². The van der Waals surface area contributed by atoms with Crippen molar-refractivity contribution in [3.05, 3.63) is 35.6 Å². The number of hydrogen-bond donors (Lipinski definition) is 2. The second kappa shape index (κ2) is 5.82. The van der Waals surface area contributed by atoms with Gasteiger partial charge in [-0.15, -0.1) is 0 Å². The standard InChI is InChI=1S/C13H17FN2O2/c14-11-3-1-9(2-4-11)10-7-12(8-10)16-5-6-18-13(15)17/h1-4,10,12,16H,5-8H2,(H2,15,17). The molecule has 1 fully saturated rings. The average molecular weight is 252 g/mol. The number of carbonyl (C=O) groups is 1. The molecule has 1 aliphatic rings. The van der Waals surface area contributed by atoms with E-state index in [9.17, 15) is 9.18 Å². The fraction of sp³-hybridized carbons (Fsp3) is 0.462. The van der Waals surface area contributed by atoms with Gasteiger partial charge in [-0.3, -0.25) is 0 Å². The van der Waals surface area contributed by atoms with Gasteiger partial charge < -0.3 is 15.8 Å². The van der Waals surface area contributed by atoms with Gasteiger partial charge >= 0.3 is 6.09 Å². The summed E-state index contributed by atoms with van der Waals surface area (Å²) in [6.45, 7) is 0.913. The fourth-order valence-electron chi connectivity index (χ4n) is 2.21. The van der Waals surface area contributed by atoms with Crippen molar-refractivity contribution in [2.75, 3.05) is 13.2 Å². The quantitative estimate of drug-likeness (QED) is 0.785. The molecule has 4 nitrogen and oxygen atoms in total. The van der Waals surface area contributed by atoms with E-state index in [0.717, 1.165) is 12.8 Å². The number of amides is 1. The summed E-state index contributed by atoms with van der Waals surface area (Å²) in [5, 5.41) is 3.28. The van der Waals surface area contributed by atoms with Crippen LogP contribution in [0.1, 0.15) is 24.3 Å². The lowest BCUT2D eigenvalue weighted by atomic mass is 9.76. The average Bonchev–Trinajstić information content (AvgIpc) is 2.28. The van der Waals surface area contributed by atoms with Gasteiger partial charge in [-0.2, -0.15) is 0 Å². The molecule has 0 spiro atoms. The summed E-state index contributed by atoms with van der Waals surface area (Å²) < 4.78 is 17.4. The molecule has 1 aliphatic carbocycles. The van der Waals surface area contributed by atoms with Crippen molar-refractivity contribution in [3.63, 3.8) is 0 Å². The molecule has 0 saturated heterocycles. The van der Waals surface area contributed by atoms with E-state index in [1.54, 1.807) is 0 Å². The van der Waals surface area contributed by atoms with Crippen molar-refractivity contribution in [1.29, 1.82) is 0 Å². The van der Waals surface area contributed by atoms with Crippen molar-refractivity contribution in [3.8, 4) is 0 Å². The first kappa shape index (κ1) is 12.8. The van der Waals surface area contributed by atoms with E-state index < -0.39 is 6.09 Å². The van der Waals surface area contributed by atoms with Crippen LogP contribution >= 0.6 is 0 Å². The minimum atomic E-state index is -0.741. The second-order valence-electron chi connectivity index (χ2n) is 4.54. The van der Waals surface area contributed by atoms with E-state index in [0.29, 0.717) is 25.1 Å². The van der Waals surface area contributed by atoms with Crippen LogP contribution in [-0.4, -0.2) is 25.3 Å². The van der Waals surface area contributed by atoms with Crippen LogP contribution in [0.5, 0.6) is 0 Å². The summed E-state index contributed by atoms with van der Waals surface area (Å²) in [6.07, 6.45) is 1.32. The molecular formula is C13H17FN2O2. The first-order chi connectivity index (χ1) is 8.65. The summed E-state index contributed by atoms with van der Waals surface area (Å²) in [5.41, 5.74) is 6.03. The third kappa shape index (κ3) is 3.43. The molecule has 1 saturated carbocycles. The molecule has 98 valence electrons. The molecule has 0 bridgehead atoms. The van der Waals surface area contributed by atoms with E-state index in [1.165, 1.54) is 17.7 Å². The van der Waals surface area contributed by atoms with Crippen LogP contribution in [0.2, 0.25) is 0 Å². The molecule has 0 unspecified atom stereocenters. The highest BCUT2D eigenvalue weighted by Crippen LogP contribution is 2.36. The van der Waals surface area contributed by atoms with E-state index in [4.69, 9.17) is 5.73 Å². The third-order valence-electron chi connectivity index (χ3n) is 3.26. The lowest BCUT2D eigenvalue weighted by Gasteiger charge is -2.36. The number of nitrogens with one attached hydrogen (secondary N) is 1. The molecule has 2 rings (SSSR count). The summed E-state index contributed by atoms with van der Waals surface area (Å²) >= 11 is 0. The van der Waals surface area contributed by atoms with E-state index >= 15 is 0 Å². The van der Waals surface area contributed by atoms with Gasteiger partial charge in [-0.05, 0) is 36.5 Å². The van der Waals surface area contributed by atoms with E-state index in [1.807, 2.05) is 12.1 Å². The lowest BCUT2D eigenvalue weighted by Crippen LogP contribution is -2.41. The van der Waals surface area contributed by atoms with Crippen LogP contribution in [0.25, 0.3) is 0 Å². The Bertz CT molecular complexity index is 402. The number of halogens is 1. The molecule has 0 aliphatic heterocycles. The summed E-state index contributed by atoms with van der Waals surface area (Å²) in [4.78, 5) is 10.3. The minimum Gasteiger partial charge on any atom is -0.448 e. The Kier molecular flexibility index (Phi) is 4.15. The van der Waals surface area contributed by atoms with Crippen molar-refractivity contribution < 1.29 is 13.9 Å². The van der Waals surface area contributed by atoms with Crippen LogP contribution in [0, 0.1) is 5.82 Å². The maximum atomic E-state index is 12.8. The maximum Gasteiger partial charge on any atom is 0.404 e. The molecule has 5 heteroatoms. The van der Waals surface area contributed by atoms with Gasteiger partial charge in [-0.25, -0.2) is 9.18 Å². The molecule has 1 aromatic carbocycles. The van der Waals surface area contributed by atoms with Gasteiger partial charge in [0.2, 0.25) is 0 Å². The molecule has 18 heavy (non-hydrogen) atoms. The Balaban J connectivity index is 1.64. The zero-order chi connectivity index (χ0) is 13.0. The van der Waals surface area contributed by atoms with E-state index in [2.05, 4.69) is 10.1 Å². The largest absolute Gasteiger partial charge is 0.448 e. The maximum absolute atomic E-state index is 12.8. The second-order valence-corrected chi connectivity index (χ2v) is 4.54. The lowest BCUT2D eigenvalue weighted by molar-refractivity contribution is 0.152. The predicted octanol–water partition coefficient (Wildman–Crippen LogP) is 1.76. The number of primary amides is 1. The molecular weight excluding hydrogens is 235 g/mol. The van der Waals surface area contributed by atoms with Gasteiger partial charge in [0.1, 0.15) is 12.4 Å². The van der Waals surface area contributed by atoms with E-state index in [-0.39, 0.29) is 5.82 Å². The highest BCUT2D eigenvalue weighted by Gasteiger charge is 2.29. The van der Waals surface area contributed by atoms with Crippen molar-refractivity contribution in [2.45, 2.75) is 24.8 Å². The fourth-order valence-corrected chi connectivity index (χ4v) is 2.21. The van der Waals surface area contributed by atoms with Crippen LogP contribution in [0.3, 0.4) is 0 Å². The highest BCUT2D eigenvalue weighted by molar-refractivity contribution is 5.64. The number of ether oxygens (including phenoxy) is 1. The zero-order valence-corrected chi connectivity index (χ0v) is 10.1. The van der Waals surface area contributed by atoms with Gasteiger partial charge in [0.15, 0.2) is 0 Å². The van der Waals surface area contributed by atoms with Crippen LogP contribution < -0.4 is 11.1 Å². The number of rotatable bonds is 5.